The van der Waals surface area contributed by atoms with E-state index in [-0.39, 0.29) is 5.91 Å². The van der Waals surface area contributed by atoms with Crippen LogP contribution in [-0.4, -0.2) is 25.1 Å². The molecule has 0 bridgehead atoms. The third kappa shape index (κ3) is 2.39. The van der Waals surface area contributed by atoms with Gasteiger partial charge in [-0.15, -0.1) is 0 Å². The van der Waals surface area contributed by atoms with E-state index in [1.54, 1.807) is 0 Å². The van der Waals surface area contributed by atoms with E-state index in [0.29, 0.717) is 29.9 Å². The van der Waals surface area contributed by atoms with Crippen LogP contribution < -0.4 is 15.4 Å². The lowest BCUT2D eigenvalue weighted by Gasteiger charge is -2.23. The second-order valence-corrected chi connectivity index (χ2v) is 5.45. The zero-order valence-electron chi connectivity index (χ0n) is 11.2. The fraction of sp³-hybridized carbons (Fsp3) is 0.533. The number of carbonyl (C=O) groups excluding carboxylic acids is 1. The van der Waals surface area contributed by atoms with Crippen molar-refractivity contribution < 1.29 is 9.53 Å². The first kappa shape index (κ1) is 12.3. The van der Waals surface area contributed by atoms with Crippen molar-refractivity contribution in [1.29, 1.82) is 0 Å². The van der Waals surface area contributed by atoms with Crippen molar-refractivity contribution in [3.05, 3.63) is 23.8 Å². The Labute approximate surface area is 113 Å². The summed E-state index contributed by atoms with van der Waals surface area (Å²) in [6.45, 7) is 3.60. The summed E-state index contributed by atoms with van der Waals surface area (Å²) in [4.78, 5) is 12.4. The molecule has 1 aromatic rings. The minimum Gasteiger partial charge on any atom is -0.489 e. The van der Waals surface area contributed by atoms with Crippen molar-refractivity contribution in [3.8, 4) is 5.75 Å². The van der Waals surface area contributed by atoms with Crippen LogP contribution in [-0.2, 0) is 0 Å². The molecule has 2 atom stereocenters. The molecule has 0 aromatic heterocycles. The number of fused-ring (bicyclic) bond motifs is 1. The fourth-order valence-corrected chi connectivity index (χ4v) is 2.96. The highest BCUT2D eigenvalue weighted by Crippen LogP contribution is 2.32. The first-order valence-electron chi connectivity index (χ1n) is 7.06. The van der Waals surface area contributed by atoms with Gasteiger partial charge in [0.15, 0.2) is 5.75 Å². The predicted molar refractivity (Wildman–Crippen MR) is 74.7 cm³/mol. The molecule has 1 saturated carbocycles. The number of benzene rings is 1. The first-order chi connectivity index (χ1) is 9.25. The fourth-order valence-electron chi connectivity index (χ4n) is 2.96. The van der Waals surface area contributed by atoms with Crippen LogP contribution in [0.3, 0.4) is 0 Å². The molecule has 3 rings (SSSR count). The second-order valence-electron chi connectivity index (χ2n) is 5.45. The Balaban J connectivity index is 1.80. The minimum atomic E-state index is -0.0145. The van der Waals surface area contributed by atoms with Gasteiger partial charge in [-0.3, -0.25) is 4.79 Å². The highest BCUT2D eigenvalue weighted by atomic mass is 16.5. The van der Waals surface area contributed by atoms with Crippen LogP contribution in [0.25, 0.3) is 0 Å². The van der Waals surface area contributed by atoms with E-state index in [0.717, 1.165) is 18.7 Å². The van der Waals surface area contributed by atoms with Crippen LogP contribution in [0.5, 0.6) is 5.75 Å². The van der Waals surface area contributed by atoms with Crippen molar-refractivity contribution >= 4 is 11.6 Å². The molecule has 2 aliphatic rings. The Morgan fingerprint density at radius 2 is 2.32 bits per heavy atom. The average Bonchev–Trinajstić information content (AvgIpc) is 2.83. The monoisotopic (exact) mass is 260 g/mol. The zero-order valence-corrected chi connectivity index (χ0v) is 11.2. The smallest absolute Gasteiger partial charge is 0.255 e. The normalized spacial score (nSPS) is 25.1. The van der Waals surface area contributed by atoms with Crippen LogP contribution in [0.1, 0.15) is 36.5 Å². The molecule has 0 saturated heterocycles. The van der Waals surface area contributed by atoms with Crippen molar-refractivity contribution in [3.63, 3.8) is 0 Å². The minimum absolute atomic E-state index is 0.0145. The maximum absolute atomic E-state index is 12.4. The van der Waals surface area contributed by atoms with Crippen molar-refractivity contribution in [2.45, 2.75) is 32.2 Å². The predicted octanol–water partition coefficient (Wildman–Crippen LogP) is 2.41. The molecule has 2 unspecified atom stereocenters. The van der Waals surface area contributed by atoms with E-state index >= 15 is 0 Å². The largest absolute Gasteiger partial charge is 0.489 e. The van der Waals surface area contributed by atoms with Crippen molar-refractivity contribution in [1.82, 2.24) is 5.32 Å². The lowest BCUT2D eigenvalue weighted by atomic mass is 10.1. The standard InChI is InChI=1S/C15H20N2O2/c1-10-4-2-6-12(10)17-15(18)11-5-3-7-13-14(11)19-9-8-16-13/h3,5,7,10,12,16H,2,4,6,8-9H2,1H3,(H,17,18). The molecule has 1 aliphatic heterocycles. The second kappa shape index (κ2) is 5.11. The molecule has 102 valence electrons. The van der Waals surface area contributed by atoms with Gasteiger partial charge in [-0.2, -0.15) is 0 Å². The van der Waals surface area contributed by atoms with Gasteiger partial charge in [0.05, 0.1) is 11.3 Å². The number of hydrogen-bond donors (Lipinski definition) is 2. The molecule has 4 nitrogen and oxygen atoms in total. The van der Waals surface area contributed by atoms with Crippen LogP contribution in [0.4, 0.5) is 5.69 Å². The SMILES string of the molecule is CC1CCCC1NC(=O)c1cccc2c1OCCN2. The number of ether oxygens (including phenoxy) is 1. The van der Waals surface area contributed by atoms with Crippen LogP contribution in [0.2, 0.25) is 0 Å². The number of rotatable bonds is 2. The summed E-state index contributed by atoms with van der Waals surface area (Å²) in [7, 11) is 0. The number of carbonyl (C=O) groups is 1. The van der Waals surface area contributed by atoms with E-state index in [9.17, 15) is 4.79 Å². The molecular weight excluding hydrogens is 240 g/mol. The van der Waals surface area contributed by atoms with Gasteiger partial charge < -0.3 is 15.4 Å². The molecule has 1 amide bonds. The lowest BCUT2D eigenvalue weighted by molar-refractivity contribution is 0.0925. The molecule has 0 radical (unpaired) electrons. The summed E-state index contributed by atoms with van der Waals surface area (Å²) in [5.74, 6) is 1.25. The van der Waals surface area contributed by atoms with Crippen LogP contribution >= 0.6 is 0 Å². The molecule has 19 heavy (non-hydrogen) atoms. The Bertz CT molecular complexity index is 487. The quantitative estimate of drug-likeness (QED) is 0.858. The molecule has 4 heteroatoms. The van der Waals surface area contributed by atoms with Crippen LogP contribution in [0.15, 0.2) is 18.2 Å². The third-order valence-corrected chi connectivity index (χ3v) is 4.10. The number of nitrogens with one attached hydrogen (secondary N) is 2. The molecule has 1 heterocycles. The summed E-state index contributed by atoms with van der Waals surface area (Å²) < 4.78 is 5.64. The molecule has 1 aromatic carbocycles. The Morgan fingerprint density at radius 1 is 1.42 bits per heavy atom. The highest BCUT2D eigenvalue weighted by Gasteiger charge is 2.27. The molecule has 0 spiro atoms. The molecule has 1 aliphatic carbocycles. The van der Waals surface area contributed by atoms with E-state index in [2.05, 4.69) is 17.6 Å². The molecule has 1 fully saturated rings. The summed E-state index contributed by atoms with van der Waals surface area (Å²) in [5.41, 5.74) is 1.56. The lowest BCUT2D eigenvalue weighted by Crippen LogP contribution is -2.37. The van der Waals surface area contributed by atoms with Crippen molar-refractivity contribution in [2.24, 2.45) is 5.92 Å². The Hall–Kier alpha value is -1.71. The van der Waals surface area contributed by atoms with Gasteiger partial charge in [-0.1, -0.05) is 19.4 Å². The summed E-state index contributed by atoms with van der Waals surface area (Å²) in [5, 5.41) is 6.40. The number of hydrogen-bond acceptors (Lipinski definition) is 3. The summed E-state index contributed by atoms with van der Waals surface area (Å²) >= 11 is 0. The Kier molecular flexibility index (Phi) is 3.32. The van der Waals surface area contributed by atoms with Gasteiger partial charge >= 0.3 is 0 Å². The third-order valence-electron chi connectivity index (χ3n) is 4.10. The maximum atomic E-state index is 12.4. The van der Waals surface area contributed by atoms with Gasteiger partial charge in [-0.25, -0.2) is 0 Å². The number of para-hydroxylation sites is 1. The zero-order chi connectivity index (χ0) is 13.2. The number of amides is 1. The van der Waals surface area contributed by atoms with Gasteiger partial charge in [-0.05, 0) is 30.9 Å². The summed E-state index contributed by atoms with van der Waals surface area (Å²) in [6.07, 6.45) is 3.49. The Morgan fingerprint density at radius 3 is 3.11 bits per heavy atom. The van der Waals surface area contributed by atoms with E-state index in [1.807, 2.05) is 18.2 Å². The molecule has 2 N–H and O–H groups in total. The van der Waals surface area contributed by atoms with Gasteiger partial charge in [0, 0.05) is 12.6 Å². The first-order valence-corrected chi connectivity index (χ1v) is 7.06. The van der Waals surface area contributed by atoms with Gasteiger partial charge in [0.2, 0.25) is 0 Å². The van der Waals surface area contributed by atoms with Gasteiger partial charge in [0.25, 0.3) is 5.91 Å². The topological polar surface area (TPSA) is 50.4 Å². The van der Waals surface area contributed by atoms with Gasteiger partial charge in [0.1, 0.15) is 6.61 Å². The maximum Gasteiger partial charge on any atom is 0.255 e. The van der Waals surface area contributed by atoms with E-state index in [4.69, 9.17) is 4.74 Å². The number of anilines is 1. The summed E-state index contributed by atoms with van der Waals surface area (Å²) in [6, 6.07) is 5.98. The van der Waals surface area contributed by atoms with E-state index in [1.165, 1.54) is 12.8 Å². The van der Waals surface area contributed by atoms with Crippen LogP contribution in [0, 0.1) is 5.92 Å². The highest BCUT2D eigenvalue weighted by molar-refractivity contribution is 5.99. The van der Waals surface area contributed by atoms with E-state index < -0.39 is 0 Å². The average molecular weight is 260 g/mol. The molecular formula is C15H20N2O2. The van der Waals surface area contributed by atoms with Crippen molar-refractivity contribution in [2.75, 3.05) is 18.5 Å².